The lowest BCUT2D eigenvalue weighted by atomic mass is 10.0. The summed E-state index contributed by atoms with van der Waals surface area (Å²) in [6, 6.07) is 4.16. The molecule has 2 fully saturated rings. The van der Waals surface area contributed by atoms with Gasteiger partial charge < -0.3 is 9.64 Å². The van der Waals surface area contributed by atoms with Gasteiger partial charge in [0.1, 0.15) is 6.54 Å². The summed E-state index contributed by atoms with van der Waals surface area (Å²) in [6.07, 6.45) is 3.72. The van der Waals surface area contributed by atoms with Gasteiger partial charge in [-0.25, -0.2) is 17.6 Å². The van der Waals surface area contributed by atoms with Gasteiger partial charge in [0.05, 0.1) is 17.6 Å². The zero-order valence-corrected chi connectivity index (χ0v) is 17.3. The highest BCUT2D eigenvalue weighted by atomic mass is 32.2. The summed E-state index contributed by atoms with van der Waals surface area (Å²) in [5.41, 5.74) is 0.746. The van der Waals surface area contributed by atoms with Crippen molar-refractivity contribution in [2.45, 2.75) is 51.0 Å². The molecular weight excluding hydrogens is 399 g/mol. The Morgan fingerprint density at radius 2 is 2.00 bits per heavy atom. The number of hydrogen-bond acceptors (Lipinski definition) is 5. The summed E-state index contributed by atoms with van der Waals surface area (Å²) >= 11 is 0. The number of nitrogens with zero attached hydrogens (tertiary/aromatic N) is 1. The van der Waals surface area contributed by atoms with Crippen molar-refractivity contribution < 1.29 is 27.1 Å². The van der Waals surface area contributed by atoms with Gasteiger partial charge in [-0.05, 0) is 49.3 Å². The second-order valence-electron chi connectivity index (χ2n) is 7.86. The molecule has 2 aliphatic rings. The van der Waals surface area contributed by atoms with Gasteiger partial charge in [0.25, 0.3) is 0 Å². The number of amides is 3. The van der Waals surface area contributed by atoms with Crippen LogP contribution in [0.1, 0.15) is 50.5 Å². The van der Waals surface area contributed by atoms with Crippen LogP contribution in [0.25, 0.3) is 0 Å². The number of sulfone groups is 1. The largest absolute Gasteiger partial charge is 0.487 e. The zero-order chi connectivity index (χ0) is 21.0. The third kappa shape index (κ3) is 6.42. The summed E-state index contributed by atoms with van der Waals surface area (Å²) < 4.78 is 44.3. The molecule has 160 valence electrons. The van der Waals surface area contributed by atoms with Gasteiger partial charge in [-0.15, -0.1) is 0 Å². The van der Waals surface area contributed by atoms with E-state index in [9.17, 15) is 22.4 Å². The number of urea groups is 1. The zero-order valence-electron chi connectivity index (χ0n) is 16.5. The van der Waals surface area contributed by atoms with Gasteiger partial charge in [-0.2, -0.15) is 0 Å². The van der Waals surface area contributed by atoms with Gasteiger partial charge in [0, 0.05) is 6.54 Å². The van der Waals surface area contributed by atoms with Gasteiger partial charge in [0.2, 0.25) is 5.91 Å². The van der Waals surface area contributed by atoms with E-state index in [0.29, 0.717) is 25.8 Å². The van der Waals surface area contributed by atoms with Crippen molar-refractivity contribution in [3.8, 4) is 5.75 Å². The van der Waals surface area contributed by atoms with E-state index in [1.807, 2.05) is 6.92 Å². The van der Waals surface area contributed by atoms with Crippen LogP contribution in [0.5, 0.6) is 5.75 Å². The maximum absolute atomic E-state index is 13.9. The molecule has 29 heavy (non-hydrogen) atoms. The normalized spacial score (nSPS) is 18.1. The van der Waals surface area contributed by atoms with Crippen LogP contribution >= 0.6 is 0 Å². The Balaban J connectivity index is 1.42. The van der Waals surface area contributed by atoms with Gasteiger partial charge in [0.15, 0.2) is 21.4 Å². The fraction of sp³-hybridized carbons (Fsp3) is 0.600. The number of ether oxygens (including phenoxy) is 1. The minimum Gasteiger partial charge on any atom is -0.487 e. The first-order chi connectivity index (χ1) is 13.7. The lowest BCUT2D eigenvalue weighted by molar-refractivity contribution is -0.118. The second kappa shape index (κ2) is 9.11. The molecule has 1 atom stereocenters. The first kappa shape index (κ1) is 21.5. The van der Waals surface area contributed by atoms with Gasteiger partial charge in [-0.1, -0.05) is 19.4 Å². The fourth-order valence-electron chi connectivity index (χ4n) is 3.31. The maximum Gasteiger partial charge on any atom is 0.324 e. The summed E-state index contributed by atoms with van der Waals surface area (Å²) in [5, 5.41) is 2.21. The van der Waals surface area contributed by atoms with E-state index in [-0.39, 0.29) is 47.8 Å². The molecule has 1 aliphatic heterocycles. The summed E-state index contributed by atoms with van der Waals surface area (Å²) in [7, 11) is -3.26. The average Bonchev–Trinajstić information content (AvgIpc) is 3.39. The molecule has 0 bridgehead atoms. The fourth-order valence-corrected chi connectivity index (χ4v) is 5.07. The maximum atomic E-state index is 13.9. The van der Waals surface area contributed by atoms with Crippen LogP contribution in [-0.4, -0.2) is 56.0 Å². The third-order valence-electron chi connectivity index (χ3n) is 5.10. The number of carbonyl (C=O) groups is 2. The van der Waals surface area contributed by atoms with Crippen molar-refractivity contribution in [1.29, 1.82) is 0 Å². The SMILES string of the molecule is C[C@@H](CS(=O)(=O)CCCCCN1CC(=O)NC1=O)c1ccc(F)c(OC2CC2)c1. The van der Waals surface area contributed by atoms with Crippen molar-refractivity contribution in [2.24, 2.45) is 0 Å². The number of benzene rings is 1. The Morgan fingerprint density at radius 3 is 2.66 bits per heavy atom. The third-order valence-corrected chi connectivity index (χ3v) is 7.02. The van der Waals surface area contributed by atoms with Crippen LogP contribution < -0.4 is 10.1 Å². The molecular formula is C20H27FN2O5S. The van der Waals surface area contributed by atoms with Crippen molar-refractivity contribution in [3.05, 3.63) is 29.6 Å². The number of imide groups is 1. The van der Waals surface area contributed by atoms with Crippen LogP contribution in [-0.2, 0) is 14.6 Å². The predicted molar refractivity (Wildman–Crippen MR) is 106 cm³/mol. The molecule has 1 aromatic carbocycles. The van der Waals surface area contributed by atoms with E-state index in [2.05, 4.69) is 5.32 Å². The number of rotatable bonds is 11. The lowest BCUT2D eigenvalue weighted by Crippen LogP contribution is -2.29. The number of nitrogens with one attached hydrogen (secondary N) is 1. The van der Waals surface area contributed by atoms with Crippen LogP contribution in [0.15, 0.2) is 18.2 Å². The average molecular weight is 427 g/mol. The summed E-state index contributed by atoms with van der Waals surface area (Å²) in [5.74, 6) is -0.748. The van der Waals surface area contributed by atoms with E-state index in [1.54, 1.807) is 12.1 Å². The molecule has 0 radical (unpaired) electrons. The van der Waals surface area contributed by atoms with Crippen molar-refractivity contribution in [3.63, 3.8) is 0 Å². The number of unbranched alkanes of at least 4 members (excludes halogenated alkanes) is 2. The minimum atomic E-state index is -3.26. The molecule has 1 N–H and O–H groups in total. The number of halogens is 1. The van der Waals surface area contributed by atoms with E-state index >= 15 is 0 Å². The molecule has 1 heterocycles. The molecule has 0 unspecified atom stereocenters. The Labute approximate surface area is 170 Å². The monoisotopic (exact) mass is 426 g/mol. The molecule has 1 aromatic rings. The molecule has 3 amide bonds. The van der Waals surface area contributed by atoms with E-state index < -0.39 is 15.7 Å². The molecule has 1 aliphatic carbocycles. The Morgan fingerprint density at radius 1 is 1.24 bits per heavy atom. The predicted octanol–water partition coefficient (Wildman–Crippen LogP) is 2.61. The van der Waals surface area contributed by atoms with Gasteiger partial charge in [-0.3, -0.25) is 10.1 Å². The molecule has 7 nitrogen and oxygen atoms in total. The van der Waals surface area contributed by atoms with Crippen molar-refractivity contribution in [1.82, 2.24) is 10.2 Å². The Bertz CT molecular complexity index is 870. The molecule has 3 rings (SSSR count). The topological polar surface area (TPSA) is 92.8 Å². The minimum absolute atomic E-state index is 0.00939. The number of hydrogen-bond donors (Lipinski definition) is 1. The Kier molecular flexibility index (Phi) is 6.77. The van der Waals surface area contributed by atoms with Crippen molar-refractivity contribution in [2.75, 3.05) is 24.6 Å². The van der Waals surface area contributed by atoms with Crippen molar-refractivity contribution >= 4 is 21.8 Å². The van der Waals surface area contributed by atoms with Crippen LogP contribution in [0.2, 0.25) is 0 Å². The van der Waals surface area contributed by atoms with E-state index in [4.69, 9.17) is 4.74 Å². The van der Waals surface area contributed by atoms with Gasteiger partial charge >= 0.3 is 6.03 Å². The summed E-state index contributed by atoms with van der Waals surface area (Å²) in [6.45, 7) is 2.32. The highest BCUT2D eigenvalue weighted by Gasteiger charge is 2.27. The first-order valence-electron chi connectivity index (χ1n) is 9.99. The molecule has 9 heteroatoms. The van der Waals surface area contributed by atoms with E-state index in [1.165, 1.54) is 11.0 Å². The highest BCUT2D eigenvalue weighted by Crippen LogP contribution is 2.31. The van der Waals surface area contributed by atoms with Crippen LogP contribution in [0, 0.1) is 5.82 Å². The highest BCUT2D eigenvalue weighted by molar-refractivity contribution is 7.91. The van der Waals surface area contributed by atoms with Crippen LogP contribution in [0.3, 0.4) is 0 Å². The Hall–Kier alpha value is -2.16. The van der Waals surface area contributed by atoms with Crippen LogP contribution in [0.4, 0.5) is 9.18 Å². The number of carbonyl (C=O) groups excluding carboxylic acids is 2. The molecule has 1 saturated heterocycles. The quantitative estimate of drug-likeness (QED) is 0.434. The smallest absolute Gasteiger partial charge is 0.324 e. The second-order valence-corrected chi connectivity index (χ2v) is 10.1. The first-order valence-corrected chi connectivity index (χ1v) is 11.8. The molecule has 0 spiro atoms. The van der Waals surface area contributed by atoms with E-state index in [0.717, 1.165) is 18.4 Å². The molecule has 0 aromatic heterocycles. The summed E-state index contributed by atoms with van der Waals surface area (Å²) in [4.78, 5) is 24.0. The molecule has 1 saturated carbocycles. The lowest BCUT2D eigenvalue weighted by Gasteiger charge is -2.15. The standard InChI is InChI=1S/C20H27FN2O5S/c1-14(15-5-8-17(21)18(11-15)28-16-6-7-16)13-29(26,27)10-4-2-3-9-23-12-19(24)22-20(23)25/h5,8,11,14,16H,2-4,6-7,9-10,12-13H2,1H3,(H,22,24,25)/t14-/m0/s1.